The number of halogens is 5. The number of nitrogens with zero attached hydrogens (tertiary/aromatic N) is 2. The Morgan fingerprint density at radius 3 is 2.35 bits per heavy atom. The van der Waals surface area contributed by atoms with E-state index in [1.807, 2.05) is 0 Å². The molecule has 1 aliphatic heterocycles. The molecule has 1 aromatic rings. The molecule has 1 heterocycles. The highest BCUT2D eigenvalue weighted by Gasteiger charge is 2.34. The molecule has 23 heavy (non-hydrogen) atoms. The Balaban J connectivity index is 0.00000242. The van der Waals surface area contributed by atoms with E-state index in [0.29, 0.717) is 26.2 Å². The van der Waals surface area contributed by atoms with Gasteiger partial charge in [0.2, 0.25) is 0 Å². The van der Waals surface area contributed by atoms with E-state index < -0.39 is 28.8 Å². The zero-order chi connectivity index (χ0) is 15.6. The van der Waals surface area contributed by atoms with Crippen LogP contribution in [0.5, 0.6) is 5.75 Å². The van der Waals surface area contributed by atoms with Crippen LogP contribution >= 0.6 is 40.7 Å². The Morgan fingerprint density at radius 2 is 1.87 bits per heavy atom. The summed E-state index contributed by atoms with van der Waals surface area (Å²) in [5, 5.41) is 24.0. The molecule has 0 spiro atoms. The van der Waals surface area contributed by atoms with Crippen LogP contribution in [0.4, 0.5) is 14.5 Å². The van der Waals surface area contributed by atoms with Crippen molar-refractivity contribution < 1.29 is 18.8 Å². The normalized spacial score (nSPS) is 16.3. The van der Waals surface area contributed by atoms with Crippen LogP contribution in [-0.4, -0.2) is 47.5 Å². The quantitative estimate of drug-likeness (QED) is 0.557. The molecule has 0 amide bonds. The lowest BCUT2D eigenvalue weighted by Gasteiger charge is -2.34. The zero-order valence-electron chi connectivity index (χ0n) is 11.7. The number of aromatic hydroxyl groups is 1. The molecule has 6 nitrogen and oxygen atoms in total. The average molecular weight is 439 g/mol. The highest BCUT2D eigenvalue weighted by Crippen LogP contribution is 2.41. The maximum Gasteiger partial charge on any atom is 0.312 e. The van der Waals surface area contributed by atoms with Gasteiger partial charge in [-0.1, -0.05) is 15.9 Å². The molecular weight excluding hydrogens is 423 g/mol. The highest BCUT2D eigenvalue weighted by atomic mass is 79.9. The average Bonchev–Trinajstić information content (AvgIpc) is 2.43. The van der Waals surface area contributed by atoms with Crippen molar-refractivity contribution in [1.29, 1.82) is 0 Å². The number of hydrogen-bond acceptors (Lipinski definition) is 5. The molecule has 0 radical (unpaired) electrons. The Labute approximate surface area is 152 Å². The summed E-state index contributed by atoms with van der Waals surface area (Å²) in [6, 6.07) is 1.03. The topological polar surface area (TPSA) is 78.6 Å². The predicted octanol–water partition coefficient (Wildman–Crippen LogP) is 3.12. The maximum atomic E-state index is 13.5. The summed E-state index contributed by atoms with van der Waals surface area (Å²) >= 11 is 3.07. The lowest BCUT2D eigenvalue weighted by molar-refractivity contribution is -0.386. The Kier molecular flexibility index (Phi) is 9.22. The van der Waals surface area contributed by atoms with E-state index in [1.54, 1.807) is 0 Å². The third-order valence-electron chi connectivity index (χ3n) is 3.38. The van der Waals surface area contributed by atoms with Crippen molar-refractivity contribution >= 4 is 46.4 Å². The van der Waals surface area contributed by atoms with E-state index in [1.165, 1.54) is 11.0 Å². The molecule has 0 bridgehead atoms. The summed E-state index contributed by atoms with van der Waals surface area (Å²) in [6.07, 6.45) is -2.76. The third kappa shape index (κ3) is 5.12. The van der Waals surface area contributed by atoms with Crippen molar-refractivity contribution in [2.24, 2.45) is 0 Å². The van der Waals surface area contributed by atoms with Gasteiger partial charge in [-0.3, -0.25) is 15.0 Å². The number of phenols is 1. The molecule has 0 saturated carbocycles. The van der Waals surface area contributed by atoms with Gasteiger partial charge in [-0.15, -0.1) is 24.8 Å². The van der Waals surface area contributed by atoms with Gasteiger partial charge in [0.05, 0.1) is 4.92 Å². The number of alkyl halides is 2. The molecule has 11 heteroatoms. The van der Waals surface area contributed by atoms with Crippen molar-refractivity contribution in [2.75, 3.05) is 26.2 Å². The minimum atomic E-state index is -2.76. The van der Waals surface area contributed by atoms with E-state index in [-0.39, 0.29) is 34.9 Å². The number of nitro groups is 1. The molecule has 1 saturated heterocycles. The van der Waals surface area contributed by atoms with Crippen LogP contribution in [0.1, 0.15) is 11.6 Å². The van der Waals surface area contributed by atoms with Crippen LogP contribution in [0.25, 0.3) is 0 Å². The fourth-order valence-electron chi connectivity index (χ4n) is 2.42. The lowest BCUT2D eigenvalue weighted by Crippen LogP contribution is -2.46. The summed E-state index contributed by atoms with van der Waals surface area (Å²) < 4.78 is 27.2. The van der Waals surface area contributed by atoms with Gasteiger partial charge >= 0.3 is 5.69 Å². The highest BCUT2D eigenvalue weighted by molar-refractivity contribution is 9.10. The van der Waals surface area contributed by atoms with Crippen molar-refractivity contribution in [3.05, 3.63) is 32.3 Å². The molecule has 1 atom stereocenters. The van der Waals surface area contributed by atoms with Gasteiger partial charge in [-0.25, -0.2) is 8.78 Å². The fraction of sp³-hybridized carbons (Fsp3) is 0.500. The molecule has 132 valence electrons. The summed E-state index contributed by atoms with van der Waals surface area (Å²) in [5.41, 5.74) is -0.715. The molecule has 1 aliphatic rings. The minimum Gasteiger partial charge on any atom is -0.502 e. The zero-order valence-corrected chi connectivity index (χ0v) is 15.0. The van der Waals surface area contributed by atoms with Crippen LogP contribution in [0.2, 0.25) is 0 Å². The molecule has 2 rings (SSSR count). The Hall–Kier alpha value is -0.740. The van der Waals surface area contributed by atoms with Gasteiger partial charge in [-0.2, -0.15) is 0 Å². The first-order chi connectivity index (χ1) is 9.91. The van der Waals surface area contributed by atoms with Crippen LogP contribution in [0.15, 0.2) is 16.6 Å². The number of hydrogen-bond donors (Lipinski definition) is 2. The smallest absolute Gasteiger partial charge is 0.312 e. The Morgan fingerprint density at radius 1 is 1.30 bits per heavy atom. The van der Waals surface area contributed by atoms with Crippen LogP contribution < -0.4 is 5.32 Å². The summed E-state index contributed by atoms with van der Waals surface area (Å²) in [6.45, 7) is 1.88. The SMILES string of the molecule is Cl.Cl.O=[N+]([O-])c1cc(Br)cc([C@@H](C(F)F)N2CCNCC2)c1O. The fourth-order valence-corrected chi connectivity index (χ4v) is 2.89. The molecule has 1 fully saturated rings. The van der Waals surface area contributed by atoms with Gasteiger partial charge in [0.1, 0.15) is 6.04 Å². The van der Waals surface area contributed by atoms with Crippen molar-refractivity contribution in [1.82, 2.24) is 10.2 Å². The first kappa shape index (κ1) is 22.3. The number of nitro benzene ring substituents is 1. The minimum absolute atomic E-state index is 0. The number of nitrogens with one attached hydrogen (secondary N) is 1. The first-order valence-corrected chi connectivity index (χ1v) is 7.11. The second-order valence-corrected chi connectivity index (χ2v) is 5.60. The van der Waals surface area contributed by atoms with Crippen molar-refractivity contribution in [3.8, 4) is 5.75 Å². The van der Waals surface area contributed by atoms with E-state index in [2.05, 4.69) is 21.2 Å². The Bertz CT molecular complexity index is 549. The molecule has 0 aromatic heterocycles. The molecule has 1 aromatic carbocycles. The largest absolute Gasteiger partial charge is 0.502 e. The molecule has 0 unspecified atom stereocenters. The van der Waals surface area contributed by atoms with E-state index >= 15 is 0 Å². The maximum absolute atomic E-state index is 13.5. The summed E-state index contributed by atoms with van der Waals surface area (Å²) in [4.78, 5) is 11.6. The second kappa shape index (κ2) is 9.53. The van der Waals surface area contributed by atoms with Crippen molar-refractivity contribution in [2.45, 2.75) is 12.5 Å². The van der Waals surface area contributed by atoms with E-state index in [9.17, 15) is 24.0 Å². The van der Waals surface area contributed by atoms with Gasteiger partial charge in [-0.05, 0) is 6.07 Å². The third-order valence-corrected chi connectivity index (χ3v) is 3.84. The van der Waals surface area contributed by atoms with Crippen LogP contribution in [0.3, 0.4) is 0 Å². The van der Waals surface area contributed by atoms with Gasteiger partial charge in [0, 0.05) is 42.3 Å². The van der Waals surface area contributed by atoms with Crippen LogP contribution in [0, 0.1) is 10.1 Å². The van der Waals surface area contributed by atoms with E-state index in [4.69, 9.17) is 0 Å². The number of phenolic OH excluding ortho intramolecular Hbond substituents is 1. The summed E-state index contributed by atoms with van der Waals surface area (Å²) in [5.74, 6) is -0.702. The van der Waals surface area contributed by atoms with Gasteiger partial charge in [0.15, 0.2) is 5.75 Å². The van der Waals surface area contributed by atoms with E-state index in [0.717, 1.165) is 6.07 Å². The molecule has 0 aliphatic carbocycles. The number of benzene rings is 1. The monoisotopic (exact) mass is 437 g/mol. The molecular formula is C12H16BrCl2F2N3O3. The van der Waals surface area contributed by atoms with Crippen molar-refractivity contribution in [3.63, 3.8) is 0 Å². The second-order valence-electron chi connectivity index (χ2n) is 4.69. The molecule has 2 N–H and O–H groups in total. The first-order valence-electron chi connectivity index (χ1n) is 6.31. The summed E-state index contributed by atoms with van der Waals surface area (Å²) in [7, 11) is 0. The standard InChI is InChI=1S/C12H14BrF2N3O3.2ClH/c13-7-5-8(11(19)9(6-7)18(20)21)10(12(14)15)17-3-1-16-2-4-17;;/h5-6,10,12,16,19H,1-4H2;2*1H/t10-;;/m0../s1. The lowest BCUT2D eigenvalue weighted by atomic mass is 10.0. The van der Waals surface area contributed by atoms with Gasteiger partial charge in [0.25, 0.3) is 6.43 Å². The number of rotatable bonds is 4. The predicted molar refractivity (Wildman–Crippen MR) is 90.1 cm³/mol. The van der Waals surface area contributed by atoms with Gasteiger partial charge < -0.3 is 10.4 Å². The van der Waals surface area contributed by atoms with Crippen LogP contribution in [-0.2, 0) is 0 Å². The number of piperazine rings is 1.